The first-order valence-corrected chi connectivity index (χ1v) is 11.4. The van der Waals surface area contributed by atoms with Crippen molar-refractivity contribution in [3.63, 3.8) is 0 Å². The zero-order chi connectivity index (χ0) is 21.6. The Bertz CT molecular complexity index is 859. The minimum atomic E-state index is 0.213. The van der Waals surface area contributed by atoms with Crippen LogP contribution in [0.25, 0.3) is 0 Å². The van der Waals surface area contributed by atoms with Gasteiger partial charge in [0.2, 0.25) is 0 Å². The molecule has 1 aromatic rings. The third-order valence-corrected chi connectivity index (χ3v) is 6.50. The van der Waals surface area contributed by atoms with Gasteiger partial charge in [-0.1, -0.05) is 67.9 Å². The van der Waals surface area contributed by atoms with Crippen LogP contribution in [0.2, 0.25) is 0 Å². The van der Waals surface area contributed by atoms with E-state index in [0.29, 0.717) is 12.3 Å². The predicted octanol–water partition coefficient (Wildman–Crippen LogP) is 7.92. The molecule has 29 heavy (non-hydrogen) atoms. The molecule has 0 aliphatic heterocycles. The normalized spacial score (nSPS) is 16.3. The van der Waals surface area contributed by atoms with Gasteiger partial charge in [0.1, 0.15) is 5.78 Å². The number of carbonyl (C=O) groups excluding carboxylic acids is 1. The average Bonchev–Trinajstić information content (AvgIpc) is 2.82. The van der Waals surface area contributed by atoms with E-state index in [-0.39, 0.29) is 11.7 Å². The van der Waals surface area contributed by atoms with Crippen LogP contribution in [0.4, 0.5) is 5.69 Å². The molecule has 1 aliphatic carbocycles. The average molecular weight is 456 g/mol. The lowest BCUT2D eigenvalue weighted by atomic mass is 9.81. The molecule has 0 fully saturated rings. The van der Waals surface area contributed by atoms with Gasteiger partial charge in [0.15, 0.2) is 0 Å². The van der Waals surface area contributed by atoms with Crippen LogP contribution in [-0.4, -0.2) is 5.78 Å². The molecule has 156 valence electrons. The van der Waals surface area contributed by atoms with Crippen molar-refractivity contribution in [3.8, 4) is 0 Å². The van der Waals surface area contributed by atoms with Crippen LogP contribution >= 0.6 is 15.9 Å². The maximum atomic E-state index is 11.9. The molecule has 1 aliphatic rings. The van der Waals surface area contributed by atoms with Crippen molar-refractivity contribution in [2.75, 3.05) is 5.32 Å². The number of halogens is 1. The van der Waals surface area contributed by atoms with E-state index in [9.17, 15) is 4.79 Å². The Labute approximate surface area is 185 Å². The fourth-order valence-corrected chi connectivity index (χ4v) is 4.01. The molecule has 1 N–H and O–H groups in total. The van der Waals surface area contributed by atoms with E-state index in [1.165, 1.54) is 16.7 Å². The first-order valence-electron chi connectivity index (χ1n) is 10.6. The molecule has 2 atom stereocenters. The lowest BCUT2D eigenvalue weighted by molar-refractivity contribution is -0.117. The van der Waals surface area contributed by atoms with Gasteiger partial charge in [0, 0.05) is 22.3 Å². The van der Waals surface area contributed by atoms with Crippen molar-refractivity contribution in [2.24, 2.45) is 11.8 Å². The molecule has 2 nitrogen and oxygen atoms in total. The Balaban J connectivity index is 2.56. The minimum absolute atomic E-state index is 0.213. The van der Waals surface area contributed by atoms with Crippen molar-refractivity contribution >= 4 is 27.4 Å². The van der Waals surface area contributed by atoms with E-state index in [0.717, 1.165) is 40.7 Å². The quantitative estimate of drug-likeness (QED) is 0.409. The van der Waals surface area contributed by atoms with Gasteiger partial charge in [-0.25, -0.2) is 0 Å². The first kappa shape index (κ1) is 23.4. The molecule has 0 radical (unpaired) electrons. The van der Waals surface area contributed by atoms with Gasteiger partial charge in [0.25, 0.3) is 0 Å². The smallest absolute Gasteiger partial charge is 0.130 e. The Morgan fingerprint density at radius 2 is 1.93 bits per heavy atom. The molecular weight excluding hydrogens is 422 g/mol. The summed E-state index contributed by atoms with van der Waals surface area (Å²) in [6.45, 7) is 14.7. The zero-order valence-corrected chi connectivity index (χ0v) is 20.0. The minimum Gasteiger partial charge on any atom is -0.355 e. The molecule has 0 saturated carbocycles. The van der Waals surface area contributed by atoms with E-state index in [1.807, 2.05) is 0 Å². The molecule has 0 bridgehead atoms. The lowest BCUT2D eigenvalue weighted by Gasteiger charge is -2.25. The molecule has 0 saturated heterocycles. The number of benzene rings is 1. The maximum absolute atomic E-state index is 11.9. The fraction of sp³-hybridized carbons (Fsp3) is 0.423. The van der Waals surface area contributed by atoms with Crippen LogP contribution in [0, 0.1) is 18.8 Å². The van der Waals surface area contributed by atoms with Crippen molar-refractivity contribution in [3.05, 3.63) is 75.5 Å². The van der Waals surface area contributed by atoms with Gasteiger partial charge in [-0.3, -0.25) is 0 Å². The number of hydrogen-bond acceptors (Lipinski definition) is 2. The first-order chi connectivity index (χ1) is 13.7. The highest BCUT2D eigenvalue weighted by Crippen LogP contribution is 2.36. The van der Waals surface area contributed by atoms with Crippen LogP contribution in [0.15, 0.2) is 69.9 Å². The predicted molar refractivity (Wildman–Crippen MR) is 129 cm³/mol. The Morgan fingerprint density at radius 3 is 2.52 bits per heavy atom. The van der Waals surface area contributed by atoms with Crippen molar-refractivity contribution in [2.45, 2.75) is 60.3 Å². The van der Waals surface area contributed by atoms with Gasteiger partial charge >= 0.3 is 0 Å². The molecule has 0 spiro atoms. The highest BCUT2D eigenvalue weighted by atomic mass is 79.9. The molecule has 0 heterocycles. The number of carbonyl (C=O) groups is 1. The summed E-state index contributed by atoms with van der Waals surface area (Å²) >= 11 is 3.64. The highest BCUT2D eigenvalue weighted by molar-refractivity contribution is 9.10. The highest BCUT2D eigenvalue weighted by Gasteiger charge is 2.23. The van der Waals surface area contributed by atoms with Crippen LogP contribution in [-0.2, 0) is 4.79 Å². The van der Waals surface area contributed by atoms with E-state index in [4.69, 9.17) is 0 Å². The standard InChI is InChI=1S/C26H34BrNO/c1-7-17(3)13-24-23(21(8-2)15-20(6)29)14-18(4)9-12-26(24)28-22-11-10-19(5)25(27)16-22/h9-12,14,16-17,21,28H,4,7-8,13,15H2,1-3,5-6H3. The van der Waals surface area contributed by atoms with Gasteiger partial charge in [-0.2, -0.15) is 0 Å². The summed E-state index contributed by atoms with van der Waals surface area (Å²) in [6.07, 6.45) is 9.99. The zero-order valence-electron chi connectivity index (χ0n) is 18.4. The summed E-state index contributed by atoms with van der Waals surface area (Å²) in [5.41, 5.74) is 6.90. The number of Topliss-reactive ketones (excluding diaryl/α,β-unsaturated/α-hetero) is 1. The Kier molecular flexibility index (Phi) is 8.70. The second kappa shape index (κ2) is 10.8. The number of ketones is 1. The van der Waals surface area contributed by atoms with Gasteiger partial charge in [0.05, 0.1) is 0 Å². The van der Waals surface area contributed by atoms with Crippen LogP contribution in [0.5, 0.6) is 0 Å². The second-order valence-corrected chi connectivity index (χ2v) is 9.07. The third-order valence-electron chi connectivity index (χ3n) is 5.65. The van der Waals surface area contributed by atoms with Gasteiger partial charge in [-0.15, -0.1) is 0 Å². The molecule has 2 rings (SSSR count). The summed E-state index contributed by atoms with van der Waals surface area (Å²) < 4.78 is 1.09. The van der Waals surface area contributed by atoms with Crippen molar-refractivity contribution < 1.29 is 4.79 Å². The lowest BCUT2D eigenvalue weighted by Crippen LogP contribution is -2.14. The van der Waals surface area contributed by atoms with E-state index < -0.39 is 0 Å². The summed E-state index contributed by atoms with van der Waals surface area (Å²) in [7, 11) is 0. The summed E-state index contributed by atoms with van der Waals surface area (Å²) in [4.78, 5) is 11.9. The van der Waals surface area contributed by atoms with Crippen molar-refractivity contribution in [1.82, 2.24) is 0 Å². The molecule has 0 amide bonds. The number of allylic oxidation sites excluding steroid dienone is 6. The second-order valence-electron chi connectivity index (χ2n) is 8.22. The number of aryl methyl sites for hydroxylation is 1. The van der Waals surface area contributed by atoms with Gasteiger partial charge in [-0.05, 0) is 79.0 Å². The van der Waals surface area contributed by atoms with Crippen LogP contribution < -0.4 is 5.32 Å². The Morgan fingerprint density at radius 1 is 1.21 bits per heavy atom. The number of rotatable bonds is 9. The van der Waals surface area contributed by atoms with E-state index >= 15 is 0 Å². The molecule has 0 aromatic heterocycles. The van der Waals surface area contributed by atoms with E-state index in [1.54, 1.807) is 6.92 Å². The Hall–Kier alpha value is -1.87. The third kappa shape index (κ3) is 6.57. The molecule has 1 aromatic carbocycles. The van der Waals surface area contributed by atoms with E-state index in [2.05, 4.69) is 91.9 Å². The van der Waals surface area contributed by atoms with Crippen LogP contribution in [0.3, 0.4) is 0 Å². The maximum Gasteiger partial charge on any atom is 0.130 e. The number of anilines is 1. The van der Waals surface area contributed by atoms with Gasteiger partial charge < -0.3 is 10.1 Å². The largest absolute Gasteiger partial charge is 0.355 e. The van der Waals surface area contributed by atoms with Crippen molar-refractivity contribution in [1.29, 1.82) is 0 Å². The fourth-order valence-electron chi connectivity index (χ4n) is 3.63. The monoisotopic (exact) mass is 455 g/mol. The molecular formula is C26H34BrNO. The number of hydrogen-bond donors (Lipinski definition) is 1. The summed E-state index contributed by atoms with van der Waals surface area (Å²) in [5.74, 6) is 1.01. The molecule has 3 heteroatoms. The summed E-state index contributed by atoms with van der Waals surface area (Å²) in [5, 5.41) is 3.65. The summed E-state index contributed by atoms with van der Waals surface area (Å²) in [6, 6.07) is 6.34. The topological polar surface area (TPSA) is 29.1 Å². The number of nitrogens with one attached hydrogen (secondary N) is 1. The molecule has 2 unspecified atom stereocenters. The van der Waals surface area contributed by atoms with Crippen LogP contribution in [0.1, 0.15) is 58.9 Å². The SMILES string of the molecule is C=C1C=CC(Nc2ccc(C)c(Br)c2)=C(CC(C)CC)C(C(CC)CC(C)=O)=C1.